The van der Waals surface area contributed by atoms with Crippen molar-refractivity contribution in [2.45, 2.75) is 19.4 Å². The first-order valence-electron chi connectivity index (χ1n) is 5.54. The second-order valence-electron chi connectivity index (χ2n) is 4.09. The van der Waals surface area contributed by atoms with E-state index in [0.717, 1.165) is 16.9 Å². The first-order chi connectivity index (χ1) is 8.20. The third-order valence-electron chi connectivity index (χ3n) is 2.78. The van der Waals surface area contributed by atoms with Crippen molar-refractivity contribution in [3.05, 3.63) is 51.7 Å². The van der Waals surface area contributed by atoms with Crippen molar-refractivity contribution in [2.24, 2.45) is 0 Å². The van der Waals surface area contributed by atoms with Crippen LogP contribution in [0.4, 0.5) is 0 Å². The lowest BCUT2D eigenvalue weighted by Crippen LogP contribution is -2.02. The maximum Gasteiger partial charge on any atom is 0.122 e. The minimum absolute atomic E-state index is 0.461. The molecule has 1 atom stereocenters. The number of hydrogen-bond acceptors (Lipinski definition) is 3. The third kappa shape index (κ3) is 2.87. The molecule has 2 nitrogen and oxygen atoms in total. The number of thiophene rings is 1. The van der Waals surface area contributed by atoms with Gasteiger partial charge in [-0.3, -0.25) is 0 Å². The average Bonchev–Trinajstić information content (AvgIpc) is 2.83. The van der Waals surface area contributed by atoms with Crippen LogP contribution in [-0.4, -0.2) is 12.2 Å². The summed E-state index contributed by atoms with van der Waals surface area (Å²) in [6.07, 6.45) is 0.124. The molecule has 0 amide bonds. The number of hydrogen-bond donors (Lipinski definition) is 1. The zero-order valence-corrected chi connectivity index (χ0v) is 10.8. The minimum Gasteiger partial charge on any atom is -0.496 e. The van der Waals surface area contributed by atoms with Gasteiger partial charge in [0.2, 0.25) is 0 Å². The van der Waals surface area contributed by atoms with Crippen LogP contribution in [0.3, 0.4) is 0 Å². The summed E-state index contributed by atoms with van der Waals surface area (Å²) in [4.78, 5) is 0. The van der Waals surface area contributed by atoms with Gasteiger partial charge in [-0.2, -0.15) is 11.3 Å². The Hall–Kier alpha value is -1.32. The van der Waals surface area contributed by atoms with E-state index < -0.39 is 6.10 Å². The summed E-state index contributed by atoms with van der Waals surface area (Å²) in [5, 5.41) is 14.1. The van der Waals surface area contributed by atoms with Crippen LogP contribution in [0.2, 0.25) is 0 Å². The molecule has 0 fully saturated rings. The molecule has 1 aromatic heterocycles. The summed E-state index contributed by atoms with van der Waals surface area (Å²) >= 11 is 1.60. The standard InChI is InChI=1S/C14H16O2S/c1-10-3-4-14(16-2)12(7-10)8-13(15)11-5-6-17-9-11/h3-7,9,13,15H,8H2,1-2H3. The predicted molar refractivity (Wildman–Crippen MR) is 70.7 cm³/mol. The normalized spacial score (nSPS) is 12.4. The van der Waals surface area contributed by atoms with Gasteiger partial charge in [-0.15, -0.1) is 0 Å². The highest BCUT2D eigenvalue weighted by molar-refractivity contribution is 7.07. The zero-order valence-electron chi connectivity index (χ0n) is 10.0. The van der Waals surface area contributed by atoms with Gasteiger partial charge in [-0.05, 0) is 40.9 Å². The van der Waals surface area contributed by atoms with E-state index in [1.54, 1.807) is 18.4 Å². The smallest absolute Gasteiger partial charge is 0.122 e. The van der Waals surface area contributed by atoms with Gasteiger partial charge in [0.25, 0.3) is 0 Å². The SMILES string of the molecule is COc1ccc(C)cc1CC(O)c1ccsc1. The minimum atomic E-state index is -0.461. The maximum absolute atomic E-state index is 10.1. The van der Waals surface area contributed by atoms with Crippen LogP contribution in [0.5, 0.6) is 5.75 Å². The van der Waals surface area contributed by atoms with Crippen molar-refractivity contribution in [3.63, 3.8) is 0 Å². The largest absolute Gasteiger partial charge is 0.496 e. The molecule has 0 saturated carbocycles. The molecular weight excluding hydrogens is 232 g/mol. The molecule has 0 aliphatic heterocycles. The van der Waals surface area contributed by atoms with E-state index in [9.17, 15) is 5.11 Å². The van der Waals surface area contributed by atoms with Crippen molar-refractivity contribution < 1.29 is 9.84 Å². The molecule has 0 aliphatic carbocycles. The Morgan fingerprint density at radius 2 is 2.18 bits per heavy atom. The van der Waals surface area contributed by atoms with Crippen LogP contribution in [0.1, 0.15) is 22.8 Å². The van der Waals surface area contributed by atoms with Crippen molar-refractivity contribution in [3.8, 4) is 5.75 Å². The molecule has 0 bridgehead atoms. The van der Waals surface area contributed by atoms with E-state index in [-0.39, 0.29) is 0 Å². The van der Waals surface area contributed by atoms with Gasteiger partial charge in [-0.25, -0.2) is 0 Å². The number of aryl methyl sites for hydroxylation is 1. The Morgan fingerprint density at radius 3 is 2.82 bits per heavy atom. The first kappa shape index (κ1) is 12.1. The van der Waals surface area contributed by atoms with E-state index in [4.69, 9.17) is 4.74 Å². The van der Waals surface area contributed by atoms with Gasteiger partial charge in [0.1, 0.15) is 5.75 Å². The fourth-order valence-corrected chi connectivity index (χ4v) is 2.56. The summed E-state index contributed by atoms with van der Waals surface area (Å²) in [5.74, 6) is 0.838. The molecule has 0 radical (unpaired) electrons. The fraction of sp³-hybridized carbons (Fsp3) is 0.286. The van der Waals surface area contributed by atoms with Crippen LogP contribution in [-0.2, 0) is 6.42 Å². The molecule has 1 N–H and O–H groups in total. The van der Waals surface area contributed by atoms with Gasteiger partial charge in [0.15, 0.2) is 0 Å². The molecule has 3 heteroatoms. The van der Waals surface area contributed by atoms with Gasteiger partial charge >= 0.3 is 0 Å². The van der Waals surface area contributed by atoms with Crippen LogP contribution < -0.4 is 4.74 Å². The number of aliphatic hydroxyl groups excluding tert-OH is 1. The molecule has 0 aliphatic rings. The Balaban J connectivity index is 2.20. The molecule has 1 aromatic carbocycles. The summed E-state index contributed by atoms with van der Waals surface area (Å²) in [6.45, 7) is 2.04. The Kier molecular flexibility index (Phi) is 3.82. The molecule has 2 rings (SSSR count). The van der Waals surface area contributed by atoms with E-state index in [0.29, 0.717) is 6.42 Å². The molecule has 0 spiro atoms. The Labute approximate surface area is 105 Å². The summed E-state index contributed by atoms with van der Waals surface area (Å²) in [6, 6.07) is 7.98. The third-order valence-corrected chi connectivity index (χ3v) is 3.48. The van der Waals surface area contributed by atoms with E-state index in [1.165, 1.54) is 5.56 Å². The lowest BCUT2D eigenvalue weighted by molar-refractivity contribution is 0.177. The van der Waals surface area contributed by atoms with Crippen LogP contribution in [0, 0.1) is 6.92 Å². The second-order valence-corrected chi connectivity index (χ2v) is 4.87. The van der Waals surface area contributed by atoms with E-state index in [1.807, 2.05) is 35.9 Å². The summed E-state index contributed by atoms with van der Waals surface area (Å²) < 4.78 is 5.31. The lowest BCUT2D eigenvalue weighted by Gasteiger charge is -2.13. The number of rotatable bonds is 4. The molecular formula is C14H16O2S. The fourth-order valence-electron chi connectivity index (χ4n) is 1.86. The maximum atomic E-state index is 10.1. The predicted octanol–water partition coefficient (Wildman–Crippen LogP) is 3.34. The second kappa shape index (κ2) is 5.34. The molecule has 90 valence electrons. The van der Waals surface area contributed by atoms with E-state index >= 15 is 0 Å². The quantitative estimate of drug-likeness (QED) is 0.899. The van der Waals surface area contributed by atoms with Crippen molar-refractivity contribution >= 4 is 11.3 Å². The lowest BCUT2D eigenvalue weighted by atomic mass is 10.0. The van der Waals surface area contributed by atoms with Crippen LogP contribution in [0.15, 0.2) is 35.0 Å². The monoisotopic (exact) mass is 248 g/mol. The number of aliphatic hydroxyl groups is 1. The zero-order chi connectivity index (χ0) is 12.3. The highest BCUT2D eigenvalue weighted by atomic mass is 32.1. The highest BCUT2D eigenvalue weighted by Gasteiger charge is 2.12. The summed E-state index contributed by atoms with van der Waals surface area (Å²) in [5.41, 5.74) is 3.20. The molecule has 0 saturated heterocycles. The number of methoxy groups -OCH3 is 1. The van der Waals surface area contributed by atoms with Crippen molar-refractivity contribution in [1.29, 1.82) is 0 Å². The Morgan fingerprint density at radius 1 is 1.35 bits per heavy atom. The van der Waals surface area contributed by atoms with Gasteiger partial charge in [0, 0.05) is 6.42 Å². The molecule has 17 heavy (non-hydrogen) atoms. The topological polar surface area (TPSA) is 29.5 Å². The van der Waals surface area contributed by atoms with Crippen LogP contribution in [0.25, 0.3) is 0 Å². The van der Waals surface area contributed by atoms with Crippen LogP contribution >= 0.6 is 11.3 Å². The van der Waals surface area contributed by atoms with E-state index in [2.05, 4.69) is 6.07 Å². The molecule has 1 unspecified atom stereocenters. The van der Waals surface area contributed by atoms with Crippen molar-refractivity contribution in [2.75, 3.05) is 7.11 Å². The van der Waals surface area contributed by atoms with Crippen molar-refractivity contribution in [1.82, 2.24) is 0 Å². The Bertz CT molecular complexity index is 477. The highest BCUT2D eigenvalue weighted by Crippen LogP contribution is 2.26. The summed E-state index contributed by atoms with van der Waals surface area (Å²) in [7, 11) is 1.66. The number of ether oxygens (including phenoxy) is 1. The number of benzene rings is 1. The average molecular weight is 248 g/mol. The first-order valence-corrected chi connectivity index (χ1v) is 6.48. The molecule has 2 aromatic rings. The van der Waals surface area contributed by atoms with Gasteiger partial charge in [0.05, 0.1) is 13.2 Å². The van der Waals surface area contributed by atoms with Gasteiger partial charge < -0.3 is 9.84 Å². The van der Waals surface area contributed by atoms with Gasteiger partial charge in [-0.1, -0.05) is 17.7 Å². The molecule has 1 heterocycles.